The monoisotopic (exact) mass is 452 g/mol. The number of rotatable bonds is 8. The molecular formula is C25H28N2O4S. The lowest BCUT2D eigenvalue weighted by Gasteiger charge is -2.13. The summed E-state index contributed by atoms with van der Waals surface area (Å²) in [6.07, 6.45) is 0. The number of carbonyl (C=O) groups excluding carboxylic acids is 1. The standard InChI is InChI=1S/C25H28N2O4S/c1-17-5-9-23(10-6-17)32(29,30)27-24-16-21(8-7-20(24)4)25(28)26-11-12-31-22-14-18(2)13-19(3)15-22/h5-10,13-16,27H,11-12H2,1-4H3,(H,26,28). The third kappa shape index (κ3) is 6.11. The maximum atomic E-state index is 12.7. The molecule has 0 heterocycles. The lowest BCUT2D eigenvalue weighted by Crippen LogP contribution is -2.28. The van der Waals surface area contributed by atoms with Crippen LogP contribution in [0.2, 0.25) is 0 Å². The van der Waals surface area contributed by atoms with Gasteiger partial charge in [0, 0.05) is 5.56 Å². The molecule has 32 heavy (non-hydrogen) atoms. The van der Waals surface area contributed by atoms with Gasteiger partial charge in [-0.1, -0.05) is 29.8 Å². The van der Waals surface area contributed by atoms with Gasteiger partial charge in [-0.2, -0.15) is 0 Å². The molecule has 0 radical (unpaired) electrons. The van der Waals surface area contributed by atoms with E-state index in [4.69, 9.17) is 4.74 Å². The van der Waals surface area contributed by atoms with E-state index in [2.05, 4.69) is 16.1 Å². The fourth-order valence-electron chi connectivity index (χ4n) is 3.25. The lowest BCUT2D eigenvalue weighted by molar-refractivity contribution is 0.0947. The predicted molar refractivity (Wildman–Crippen MR) is 127 cm³/mol. The van der Waals surface area contributed by atoms with Gasteiger partial charge in [0.1, 0.15) is 12.4 Å². The van der Waals surface area contributed by atoms with E-state index in [9.17, 15) is 13.2 Å². The summed E-state index contributed by atoms with van der Waals surface area (Å²) in [6.45, 7) is 8.33. The Labute approximate surface area is 189 Å². The molecule has 7 heteroatoms. The summed E-state index contributed by atoms with van der Waals surface area (Å²) in [5.74, 6) is 0.463. The van der Waals surface area contributed by atoms with Gasteiger partial charge >= 0.3 is 0 Å². The van der Waals surface area contributed by atoms with E-state index in [1.54, 1.807) is 49.4 Å². The Morgan fingerprint density at radius 3 is 2.16 bits per heavy atom. The second-order valence-electron chi connectivity index (χ2n) is 7.88. The smallest absolute Gasteiger partial charge is 0.261 e. The molecule has 0 unspecified atom stereocenters. The zero-order valence-electron chi connectivity index (χ0n) is 18.7. The number of hydrogen-bond acceptors (Lipinski definition) is 4. The van der Waals surface area contributed by atoms with E-state index in [-0.39, 0.29) is 10.8 Å². The highest BCUT2D eigenvalue weighted by Gasteiger charge is 2.16. The van der Waals surface area contributed by atoms with Crippen LogP contribution in [0.25, 0.3) is 0 Å². The van der Waals surface area contributed by atoms with Crippen molar-refractivity contribution in [3.8, 4) is 5.75 Å². The number of amides is 1. The molecule has 3 aromatic rings. The number of ether oxygens (including phenoxy) is 1. The van der Waals surface area contributed by atoms with Gasteiger partial charge in [0.15, 0.2) is 0 Å². The molecule has 3 rings (SSSR count). The normalized spacial score (nSPS) is 11.1. The van der Waals surface area contributed by atoms with Crippen LogP contribution in [0.5, 0.6) is 5.75 Å². The van der Waals surface area contributed by atoms with Gasteiger partial charge < -0.3 is 10.1 Å². The highest BCUT2D eigenvalue weighted by Crippen LogP contribution is 2.22. The van der Waals surface area contributed by atoms with Gasteiger partial charge in [-0.3, -0.25) is 9.52 Å². The lowest BCUT2D eigenvalue weighted by atomic mass is 10.1. The molecule has 0 saturated carbocycles. The average molecular weight is 453 g/mol. The van der Waals surface area contributed by atoms with Crippen molar-refractivity contribution in [2.45, 2.75) is 32.6 Å². The van der Waals surface area contributed by atoms with E-state index in [1.807, 2.05) is 32.9 Å². The molecule has 168 valence electrons. The predicted octanol–water partition coefficient (Wildman–Crippen LogP) is 4.53. The molecule has 0 atom stereocenters. The Bertz CT molecular complexity index is 1200. The first-order chi connectivity index (χ1) is 15.1. The topological polar surface area (TPSA) is 84.5 Å². The Balaban J connectivity index is 1.62. The molecule has 6 nitrogen and oxygen atoms in total. The SMILES string of the molecule is Cc1ccc(S(=O)(=O)Nc2cc(C(=O)NCCOc3cc(C)cc(C)c3)ccc2C)cc1. The fraction of sp³-hybridized carbons (Fsp3) is 0.240. The number of sulfonamides is 1. The first kappa shape index (κ1) is 23.3. The van der Waals surface area contributed by atoms with Crippen molar-refractivity contribution in [2.24, 2.45) is 0 Å². The van der Waals surface area contributed by atoms with E-state index in [1.165, 1.54) is 0 Å². The molecule has 0 aliphatic heterocycles. The van der Waals surface area contributed by atoms with E-state index in [0.717, 1.165) is 28.0 Å². The molecule has 0 spiro atoms. The first-order valence-corrected chi connectivity index (χ1v) is 11.8. The van der Waals surface area contributed by atoms with Crippen molar-refractivity contribution in [3.63, 3.8) is 0 Å². The van der Waals surface area contributed by atoms with Crippen molar-refractivity contribution >= 4 is 21.6 Å². The number of anilines is 1. The van der Waals surface area contributed by atoms with Crippen molar-refractivity contribution in [1.82, 2.24) is 5.32 Å². The van der Waals surface area contributed by atoms with Crippen LogP contribution in [0.1, 0.15) is 32.6 Å². The highest BCUT2D eigenvalue weighted by molar-refractivity contribution is 7.92. The summed E-state index contributed by atoms with van der Waals surface area (Å²) in [5, 5.41) is 2.80. The maximum absolute atomic E-state index is 12.7. The molecule has 1 amide bonds. The van der Waals surface area contributed by atoms with Crippen LogP contribution in [-0.4, -0.2) is 27.5 Å². The quantitative estimate of drug-likeness (QED) is 0.492. The van der Waals surface area contributed by atoms with Crippen molar-refractivity contribution in [2.75, 3.05) is 17.9 Å². The zero-order chi connectivity index (χ0) is 23.3. The summed E-state index contributed by atoms with van der Waals surface area (Å²) in [4.78, 5) is 12.7. The Morgan fingerprint density at radius 2 is 1.50 bits per heavy atom. The second-order valence-corrected chi connectivity index (χ2v) is 9.56. The number of benzene rings is 3. The molecule has 0 aromatic heterocycles. The number of hydrogen-bond donors (Lipinski definition) is 2. The fourth-order valence-corrected chi connectivity index (χ4v) is 4.37. The number of aryl methyl sites for hydroxylation is 4. The van der Waals surface area contributed by atoms with Gasteiger partial charge in [0.25, 0.3) is 15.9 Å². The minimum Gasteiger partial charge on any atom is -0.492 e. The Morgan fingerprint density at radius 1 is 0.844 bits per heavy atom. The molecule has 3 aromatic carbocycles. The summed E-state index contributed by atoms with van der Waals surface area (Å²) < 4.78 is 33.7. The van der Waals surface area contributed by atoms with E-state index < -0.39 is 10.0 Å². The largest absolute Gasteiger partial charge is 0.492 e. The van der Waals surface area contributed by atoms with Crippen molar-refractivity contribution in [3.05, 3.63) is 88.5 Å². The summed E-state index contributed by atoms with van der Waals surface area (Å²) in [6, 6.07) is 17.5. The Hall–Kier alpha value is -3.32. The van der Waals surface area contributed by atoms with Crippen LogP contribution in [0, 0.1) is 27.7 Å². The van der Waals surface area contributed by atoms with Crippen molar-refractivity contribution in [1.29, 1.82) is 0 Å². The minimum absolute atomic E-state index is 0.167. The van der Waals surface area contributed by atoms with Crippen molar-refractivity contribution < 1.29 is 17.9 Å². The third-order valence-electron chi connectivity index (χ3n) is 4.93. The molecule has 2 N–H and O–H groups in total. The van der Waals surface area contributed by atoms with Gasteiger partial charge in [-0.15, -0.1) is 0 Å². The summed E-state index contributed by atoms with van der Waals surface area (Å²) in [5.41, 5.74) is 4.65. The second kappa shape index (κ2) is 9.87. The van der Waals surface area contributed by atoms with Gasteiger partial charge in [-0.25, -0.2) is 8.42 Å². The van der Waals surface area contributed by atoms with E-state index in [0.29, 0.717) is 24.4 Å². The van der Waals surface area contributed by atoms with Crippen LogP contribution in [-0.2, 0) is 10.0 Å². The van der Waals surface area contributed by atoms with Gasteiger partial charge in [-0.05, 0) is 80.8 Å². The van der Waals surface area contributed by atoms with Crippen LogP contribution < -0.4 is 14.8 Å². The van der Waals surface area contributed by atoms with Crippen LogP contribution >= 0.6 is 0 Å². The van der Waals surface area contributed by atoms with Crippen LogP contribution in [0.3, 0.4) is 0 Å². The van der Waals surface area contributed by atoms with Crippen LogP contribution in [0.15, 0.2) is 65.6 Å². The zero-order valence-corrected chi connectivity index (χ0v) is 19.5. The molecule has 0 aliphatic carbocycles. The first-order valence-electron chi connectivity index (χ1n) is 10.3. The molecule has 0 fully saturated rings. The molecule has 0 aliphatic rings. The minimum atomic E-state index is -3.76. The third-order valence-corrected chi connectivity index (χ3v) is 6.31. The Kier molecular flexibility index (Phi) is 7.20. The molecule has 0 saturated heterocycles. The average Bonchev–Trinajstić information content (AvgIpc) is 2.72. The van der Waals surface area contributed by atoms with Gasteiger partial charge in [0.2, 0.25) is 0 Å². The maximum Gasteiger partial charge on any atom is 0.261 e. The molecule has 0 bridgehead atoms. The summed E-state index contributed by atoms with van der Waals surface area (Å²) in [7, 11) is -3.76. The van der Waals surface area contributed by atoms with E-state index >= 15 is 0 Å². The van der Waals surface area contributed by atoms with Gasteiger partial charge in [0.05, 0.1) is 17.1 Å². The summed E-state index contributed by atoms with van der Waals surface area (Å²) >= 11 is 0. The number of nitrogens with one attached hydrogen (secondary N) is 2. The molecular weight excluding hydrogens is 424 g/mol. The highest BCUT2D eigenvalue weighted by atomic mass is 32.2. The van der Waals surface area contributed by atoms with Crippen LogP contribution in [0.4, 0.5) is 5.69 Å². The number of carbonyl (C=O) groups is 1.